The summed E-state index contributed by atoms with van der Waals surface area (Å²) in [7, 11) is 0. The zero-order valence-corrected chi connectivity index (χ0v) is 20.9. The maximum Gasteiger partial charge on any atom is 0.408 e. The molecule has 0 aromatic heterocycles. The van der Waals surface area contributed by atoms with Crippen LogP contribution in [-0.2, 0) is 19.1 Å². The lowest BCUT2D eigenvalue weighted by Crippen LogP contribution is -2.53. The number of hydrogen-bond acceptors (Lipinski definition) is 5. The van der Waals surface area contributed by atoms with Crippen molar-refractivity contribution in [2.24, 2.45) is 5.73 Å². The third-order valence-corrected chi connectivity index (χ3v) is 5.59. The van der Waals surface area contributed by atoms with Gasteiger partial charge in [0.25, 0.3) is 5.91 Å². The highest BCUT2D eigenvalue weighted by Gasteiger charge is 2.37. The number of aryl methyl sites for hydroxylation is 1. The molecule has 1 saturated carbocycles. The molecule has 1 aliphatic carbocycles. The lowest BCUT2D eigenvalue weighted by atomic mass is 9.94. The van der Waals surface area contributed by atoms with Crippen molar-refractivity contribution in [3.63, 3.8) is 0 Å². The number of ether oxygens (including phenoxy) is 1. The summed E-state index contributed by atoms with van der Waals surface area (Å²) in [5, 5.41) is 5.40. The highest BCUT2D eigenvalue weighted by molar-refractivity contribution is 5.95. The maximum absolute atomic E-state index is 13.5. The summed E-state index contributed by atoms with van der Waals surface area (Å²) in [6, 6.07) is 6.82. The van der Waals surface area contributed by atoms with Gasteiger partial charge in [-0.05, 0) is 46.1 Å². The fourth-order valence-corrected chi connectivity index (χ4v) is 4.07. The third-order valence-electron chi connectivity index (χ3n) is 5.59. The average molecular weight is 485 g/mol. The number of rotatable bonds is 8. The van der Waals surface area contributed by atoms with Gasteiger partial charge in [-0.2, -0.15) is 0 Å². The van der Waals surface area contributed by atoms with Crippen LogP contribution in [0.3, 0.4) is 0 Å². The molecule has 4 N–H and O–H groups in total. The summed E-state index contributed by atoms with van der Waals surface area (Å²) in [5.41, 5.74) is 5.89. The Balaban J connectivity index is 2.38. The van der Waals surface area contributed by atoms with Gasteiger partial charge in [0.05, 0.1) is 6.42 Å². The molecule has 1 fully saturated rings. The quantitative estimate of drug-likeness (QED) is 0.386. The van der Waals surface area contributed by atoms with E-state index in [1.165, 1.54) is 0 Å². The predicted molar refractivity (Wildman–Crippen MR) is 132 cm³/mol. The minimum atomic E-state index is -1.41. The van der Waals surface area contributed by atoms with Crippen LogP contribution < -0.4 is 16.4 Å². The van der Waals surface area contributed by atoms with Crippen LogP contribution in [0.4, 0.5) is 4.79 Å². The van der Waals surface area contributed by atoms with Gasteiger partial charge in [-0.15, -0.1) is 0 Å². The molecule has 1 aromatic rings. The van der Waals surface area contributed by atoms with E-state index >= 15 is 0 Å². The van der Waals surface area contributed by atoms with Crippen LogP contribution in [0.2, 0.25) is 0 Å². The number of nitrogens with zero attached hydrogens (tertiary/aromatic N) is 1. The van der Waals surface area contributed by atoms with E-state index < -0.39 is 47.9 Å². The summed E-state index contributed by atoms with van der Waals surface area (Å²) in [5.74, 6) is -2.07. The van der Waals surface area contributed by atoms with Crippen molar-refractivity contribution in [3.05, 3.63) is 35.4 Å². The first-order chi connectivity index (χ1) is 16.4. The van der Waals surface area contributed by atoms with Crippen molar-refractivity contribution < 1.29 is 23.9 Å². The van der Waals surface area contributed by atoms with Crippen LogP contribution in [0.5, 0.6) is 0 Å². The minimum Gasteiger partial charge on any atom is -0.444 e. The normalized spacial score (nSPS) is 15.7. The standard InChI is InChI=1S/C26H36N4O5/c1-6-30(24(33)20(16-21(27)31)29-25(34)35-26(3,4)5)22(18-12-10-11-17(2)15-18)23(32)28-19-13-8-7-9-14-19/h1,10-12,15,19-20,22H,7-9,13-14,16H2,2-5H3,(H2,27,31)(H,28,32)(H,29,34). The number of primary amides is 1. The number of carbonyl (C=O) groups excluding carboxylic acids is 4. The first kappa shape index (κ1) is 27.7. The van der Waals surface area contributed by atoms with Crippen molar-refractivity contribution in [2.45, 2.75) is 89.9 Å². The van der Waals surface area contributed by atoms with Crippen LogP contribution in [0.15, 0.2) is 24.3 Å². The molecule has 0 bridgehead atoms. The van der Waals surface area contributed by atoms with Crippen molar-refractivity contribution in [3.8, 4) is 12.5 Å². The molecule has 9 nitrogen and oxygen atoms in total. The smallest absolute Gasteiger partial charge is 0.408 e. The molecule has 0 aliphatic heterocycles. The molecule has 1 aromatic carbocycles. The van der Waals surface area contributed by atoms with Crippen LogP contribution in [0, 0.1) is 19.4 Å². The van der Waals surface area contributed by atoms with Gasteiger partial charge < -0.3 is 21.1 Å². The van der Waals surface area contributed by atoms with Gasteiger partial charge in [0.2, 0.25) is 11.8 Å². The largest absolute Gasteiger partial charge is 0.444 e. The molecule has 190 valence electrons. The molecule has 0 heterocycles. The molecule has 0 radical (unpaired) electrons. The van der Waals surface area contributed by atoms with Gasteiger partial charge in [0.1, 0.15) is 17.7 Å². The van der Waals surface area contributed by atoms with E-state index in [2.05, 4.69) is 16.7 Å². The molecule has 9 heteroatoms. The van der Waals surface area contributed by atoms with E-state index in [1.54, 1.807) is 39.0 Å². The van der Waals surface area contributed by atoms with E-state index in [-0.39, 0.29) is 6.04 Å². The average Bonchev–Trinajstić information content (AvgIpc) is 2.75. The van der Waals surface area contributed by atoms with Crippen molar-refractivity contribution >= 4 is 23.8 Å². The lowest BCUT2D eigenvalue weighted by molar-refractivity contribution is -0.139. The summed E-state index contributed by atoms with van der Waals surface area (Å²) in [6.07, 6.45) is 9.15. The second-order valence-corrected chi connectivity index (χ2v) is 9.87. The van der Waals surface area contributed by atoms with Gasteiger partial charge >= 0.3 is 6.09 Å². The number of carbonyl (C=O) groups is 4. The van der Waals surface area contributed by atoms with E-state index in [1.807, 2.05) is 13.0 Å². The molecule has 0 saturated heterocycles. The Hall–Kier alpha value is -3.54. The van der Waals surface area contributed by atoms with Crippen molar-refractivity contribution in [2.75, 3.05) is 0 Å². The SMILES string of the molecule is C#CN(C(=O)C(CC(N)=O)NC(=O)OC(C)(C)C)C(C(=O)NC1CCCCC1)c1cccc(C)c1. The van der Waals surface area contributed by atoms with Crippen LogP contribution in [-0.4, -0.2) is 46.4 Å². The molecular weight excluding hydrogens is 448 g/mol. The number of benzene rings is 1. The first-order valence-corrected chi connectivity index (χ1v) is 11.9. The Morgan fingerprint density at radius 3 is 2.40 bits per heavy atom. The number of amides is 4. The topological polar surface area (TPSA) is 131 Å². The van der Waals surface area contributed by atoms with E-state index in [4.69, 9.17) is 16.9 Å². The van der Waals surface area contributed by atoms with Crippen LogP contribution >= 0.6 is 0 Å². The molecule has 2 rings (SSSR count). The van der Waals surface area contributed by atoms with E-state index in [0.29, 0.717) is 5.56 Å². The zero-order valence-electron chi connectivity index (χ0n) is 20.9. The third kappa shape index (κ3) is 8.63. The first-order valence-electron chi connectivity index (χ1n) is 11.9. The van der Waals surface area contributed by atoms with Crippen LogP contribution in [0.25, 0.3) is 0 Å². The Morgan fingerprint density at radius 1 is 1.20 bits per heavy atom. The number of alkyl carbamates (subject to hydrolysis) is 1. The van der Waals surface area contributed by atoms with Gasteiger partial charge in [0.15, 0.2) is 0 Å². The van der Waals surface area contributed by atoms with Crippen molar-refractivity contribution in [1.82, 2.24) is 15.5 Å². The summed E-state index contributed by atoms with van der Waals surface area (Å²) in [4.78, 5) is 52.0. The Kier molecular flexibility index (Phi) is 9.69. The van der Waals surface area contributed by atoms with Crippen molar-refractivity contribution in [1.29, 1.82) is 0 Å². The Morgan fingerprint density at radius 2 is 1.86 bits per heavy atom. The molecule has 0 spiro atoms. The summed E-state index contributed by atoms with van der Waals surface area (Å²) in [6.45, 7) is 6.85. The Labute approximate surface area is 207 Å². The van der Waals surface area contributed by atoms with Crippen LogP contribution in [0.1, 0.15) is 76.5 Å². The number of nitrogens with one attached hydrogen (secondary N) is 2. The summed E-state index contributed by atoms with van der Waals surface area (Å²) < 4.78 is 5.22. The fourth-order valence-electron chi connectivity index (χ4n) is 4.07. The Bertz CT molecular complexity index is 973. The molecule has 4 amide bonds. The molecule has 2 unspecified atom stereocenters. The molecule has 35 heavy (non-hydrogen) atoms. The zero-order chi connectivity index (χ0) is 26.2. The number of hydrogen-bond donors (Lipinski definition) is 3. The lowest BCUT2D eigenvalue weighted by Gasteiger charge is -2.32. The second-order valence-electron chi connectivity index (χ2n) is 9.87. The maximum atomic E-state index is 13.5. The van der Waals surface area contributed by atoms with Gasteiger partial charge in [-0.25, -0.2) is 4.79 Å². The number of nitrogens with two attached hydrogens (primary N) is 1. The second kappa shape index (κ2) is 12.2. The van der Waals surface area contributed by atoms with Gasteiger partial charge in [0, 0.05) is 12.1 Å². The van der Waals surface area contributed by atoms with Gasteiger partial charge in [-0.1, -0.05) is 55.5 Å². The molecule has 1 aliphatic rings. The highest BCUT2D eigenvalue weighted by Crippen LogP contribution is 2.25. The molecular formula is C26H36N4O5. The monoisotopic (exact) mass is 484 g/mol. The number of terminal acetylenes is 1. The van der Waals surface area contributed by atoms with E-state index in [9.17, 15) is 19.2 Å². The van der Waals surface area contributed by atoms with Gasteiger partial charge in [-0.3, -0.25) is 19.3 Å². The predicted octanol–water partition coefficient (Wildman–Crippen LogP) is 2.67. The molecule has 2 atom stereocenters. The highest BCUT2D eigenvalue weighted by atomic mass is 16.6. The summed E-state index contributed by atoms with van der Waals surface area (Å²) >= 11 is 0. The fraction of sp³-hybridized carbons (Fsp3) is 0.538. The van der Waals surface area contributed by atoms with E-state index in [0.717, 1.165) is 42.6 Å². The minimum absolute atomic E-state index is 0.0143.